The first-order chi connectivity index (χ1) is 15.1. The quantitative estimate of drug-likeness (QED) is 0.424. The fraction of sp³-hybridized carbons (Fsp3) is 0.182. The van der Waals surface area contributed by atoms with Crippen LogP contribution in [0.1, 0.15) is 32.1 Å². The van der Waals surface area contributed by atoms with Crippen LogP contribution in [0.25, 0.3) is 16.6 Å². The molecule has 4 heterocycles. The molecule has 1 amide bonds. The Hall–Kier alpha value is -3.72. The zero-order valence-electron chi connectivity index (χ0n) is 17.1. The second-order valence-electron chi connectivity index (χ2n) is 7.43. The maximum atomic E-state index is 13.3. The lowest BCUT2D eigenvalue weighted by Gasteiger charge is -2.22. The molecular formula is C22H19N7OS. The summed E-state index contributed by atoms with van der Waals surface area (Å²) >= 11 is 1.61. The van der Waals surface area contributed by atoms with Gasteiger partial charge in [-0.15, -0.1) is 16.4 Å². The summed E-state index contributed by atoms with van der Waals surface area (Å²) in [6.07, 6.45) is 4.57. The Bertz CT molecular complexity index is 1380. The van der Waals surface area contributed by atoms with Crippen LogP contribution in [0.5, 0.6) is 0 Å². The van der Waals surface area contributed by atoms with Crippen LogP contribution in [0.15, 0.2) is 54.3 Å². The summed E-state index contributed by atoms with van der Waals surface area (Å²) in [5.41, 5.74) is 5.06. The molecule has 1 aromatic carbocycles. The predicted molar refractivity (Wildman–Crippen MR) is 118 cm³/mol. The number of rotatable bonds is 5. The Kier molecular flexibility index (Phi) is 4.87. The van der Waals surface area contributed by atoms with Crippen molar-refractivity contribution in [3.63, 3.8) is 0 Å². The van der Waals surface area contributed by atoms with Gasteiger partial charge in [0.1, 0.15) is 5.69 Å². The van der Waals surface area contributed by atoms with Gasteiger partial charge in [-0.3, -0.25) is 9.78 Å². The third-order valence-corrected chi connectivity index (χ3v) is 5.99. The van der Waals surface area contributed by atoms with E-state index in [-0.39, 0.29) is 5.91 Å². The molecule has 5 aromatic rings. The van der Waals surface area contributed by atoms with Crippen molar-refractivity contribution in [2.45, 2.75) is 26.9 Å². The molecule has 0 unspecified atom stereocenters. The molecule has 0 aliphatic carbocycles. The molecule has 5 rings (SSSR count). The van der Waals surface area contributed by atoms with Crippen molar-refractivity contribution in [1.82, 2.24) is 34.9 Å². The summed E-state index contributed by atoms with van der Waals surface area (Å²) < 4.78 is 1.76. The molecule has 0 spiro atoms. The molecule has 31 heavy (non-hydrogen) atoms. The second-order valence-corrected chi connectivity index (χ2v) is 8.47. The molecule has 0 saturated carbocycles. The number of thiophene rings is 1. The van der Waals surface area contributed by atoms with Gasteiger partial charge in [-0.1, -0.05) is 17.7 Å². The highest BCUT2D eigenvalue weighted by molar-refractivity contribution is 7.09. The van der Waals surface area contributed by atoms with Gasteiger partial charge in [0, 0.05) is 28.2 Å². The van der Waals surface area contributed by atoms with Crippen LogP contribution in [-0.2, 0) is 13.1 Å². The van der Waals surface area contributed by atoms with E-state index in [2.05, 4.69) is 57.5 Å². The van der Waals surface area contributed by atoms with Crippen molar-refractivity contribution in [3.8, 4) is 0 Å². The monoisotopic (exact) mass is 429 g/mol. The van der Waals surface area contributed by atoms with Gasteiger partial charge in [0.2, 0.25) is 0 Å². The average molecular weight is 430 g/mol. The number of carbonyl (C=O) groups excluding carboxylic acids is 1. The lowest BCUT2D eigenvalue weighted by Crippen LogP contribution is -2.30. The van der Waals surface area contributed by atoms with Crippen molar-refractivity contribution in [3.05, 3.63) is 81.6 Å². The minimum atomic E-state index is -0.187. The summed E-state index contributed by atoms with van der Waals surface area (Å²) in [5, 5.41) is 15.4. The molecule has 9 heteroatoms. The van der Waals surface area contributed by atoms with Gasteiger partial charge in [-0.05, 0) is 53.4 Å². The van der Waals surface area contributed by atoms with Crippen LogP contribution in [0.4, 0.5) is 0 Å². The number of hydrogen-bond donors (Lipinski definition) is 0. The van der Waals surface area contributed by atoms with E-state index in [1.165, 1.54) is 12.4 Å². The molecule has 0 fully saturated rings. The molecule has 0 aliphatic rings. The minimum absolute atomic E-state index is 0.187. The number of nitrogens with zero attached hydrogens (tertiary/aromatic N) is 7. The van der Waals surface area contributed by atoms with Gasteiger partial charge >= 0.3 is 0 Å². The first-order valence-electron chi connectivity index (χ1n) is 9.79. The fourth-order valence-electron chi connectivity index (χ4n) is 3.87. The molecule has 0 N–H and O–H groups in total. The molecule has 0 saturated heterocycles. The Balaban J connectivity index is 1.61. The van der Waals surface area contributed by atoms with E-state index >= 15 is 0 Å². The van der Waals surface area contributed by atoms with Gasteiger partial charge in [-0.2, -0.15) is 4.52 Å². The van der Waals surface area contributed by atoms with Gasteiger partial charge < -0.3 is 4.90 Å². The molecule has 4 aromatic heterocycles. The minimum Gasteiger partial charge on any atom is -0.328 e. The Morgan fingerprint density at radius 1 is 1.16 bits per heavy atom. The Morgan fingerprint density at radius 2 is 2.06 bits per heavy atom. The largest absolute Gasteiger partial charge is 0.328 e. The number of fused-ring (bicyclic) bond motifs is 3. The molecule has 8 nitrogen and oxygen atoms in total. The normalized spacial score (nSPS) is 11.3. The fourth-order valence-corrected chi connectivity index (χ4v) is 4.59. The number of benzene rings is 1. The second kappa shape index (κ2) is 7.84. The van der Waals surface area contributed by atoms with Crippen LogP contribution in [0.2, 0.25) is 0 Å². The lowest BCUT2D eigenvalue weighted by atomic mass is 10.0. The average Bonchev–Trinajstić information content (AvgIpc) is 3.45. The van der Waals surface area contributed by atoms with Crippen LogP contribution in [0.3, 0.4) is 0 Å². The van der Waals surface area contributed by atoms with Crippen molar-refractivity contribution >= 4 is 33.8 Å². The van der Waals surface area contributed by atoms with Crippen molar-refractivity contribution < 1.29 is 4.79 Å². The zero-order chi connectivity index (χ0) is 21.4. The van der Waals surface area contributed by atoms with Gasteiger partial charge in [0.25, 0.3) is 5.91 Å². The van der Waals surface area contributed by atoms with Crippen LogP contribution >= 0.6 is 11.3 Å². The number of aryl methyl sites for hydroxylation is 2. The predicted octanol–water partition coefficient (Wildman–Crippen LogP) is 3.59. The smallest absolute Gasteiger partial charge is 0.274 e. The van der Waals surface area contributed by atoms with E-state index in [4.69, 9.17) is 0 Å². The lowest BCUT2D eigenvalue weighted by molar-refractivity contribution is 0.0726. The zero-order valence-corrected chi connectivity index (χ0v) is 17.9. The third kappa shape index (κ3) is 3.64. The number of pyridine rings is 1. The number of tetrazole rings is 1. The first-order valence-corrected chi connectivity index (χ1v) is 10.7. The molecular weight excluding hydrogens is 410 g/mol. The summed E-state index contributed by atoms with van der Waals surface area (Å²) in [6.45, 7) is 4.93. The van der Waals surface area contributed by atoms with Crippen LogP contribution < -0.4 is 0 Å². The number of amides is 1. The number of aromatic nitrogens is 6. The molecule has 0 bridgehead atoms. The van der Waals surface area contributed by atoms with Crippen molar-refractivity contribution in [2.75, 3.05) is 0 Å². The van der Waals surface area contributed by atoms with E-state index in [0.717, 1.165) is 32.5 Å². The highest BCUT2D eigenvalue weighted by atomic mass is 32.1. The summed E-state index contributed by atoms with van der Waals surface area (Å²) in [5.74, 6) is -0.187. The van der Waals surface area contributed by atoms with E-state index in [9.17, 15) is 4.79 Å². The number of hydrogen-bond acceptors (Lipinski definition) is 7. The molecule has 0 aliphatic heterocycles. The third-order valence-electron chi connectivity index (χ3n) is 5.13. The Labute approximate surface area is 182 Å². The Morgan fingerprint density at radius 3 is 2.84 bits per heavy atom. The van der Waals surface area contributed by atoms with Crippen molar-refractivity contribution in [1.29, 1.82) is 0 Å². The van der Waals surface area contributed by atoms with Gasteiger partial charge in [-0.25, -0.2) is 4.98 Å². The molecule has 0 radical (unpaired) electrons. The summed E-state index contributed by atoms with van der Waals surface area (Å²) in [4.78, 5) is 24.4. The van der Waals surface area contributed by atoms with Gasteiger partial charge in [0.15, 0.2) is 5.65 Å². The topological polar surface area (TPSA) is 89.2 Å². The highest BCUT2D eigenvalue weighted by Gasteiger charge is 2.21. The SMILES string of the molecule is Cc1cc(C)c2c(c1)cc(CN(Cc1cccs1)C(=O)c1cnccn1)c1nnnn12. The molecule has 0 atom stereocenters. The molecule has 154 valence electrons. The van der Waals surface area contributed by atoms with Crippen LogP contribution in [0, 0.1) is 13.8 Å². The maximum Gasteiger partial charge on any atom is 0.274 e. The van der Waals surface area contributed by atoms with E-state index in [1.54, 1.807) is 26.9 Å². The van der Waals surface area contributed by atoms with Crippen LogP contribution in [-0.4, -0.2) is 40.8 Å². The van der Waals surface area contributed by atoms with E-state index in [0.29, 0.717) is 24.4 Å². The summed E-state index contributed by atoms with van der Waals surface area (Å²) in [7, 11) is 0. The number of carbonyl (C=O) groups is 1. The standard InChI is InChI=1S/C22H19N7OS/c1-14-8-15(2)20-16(9-14)10-17(21-25-26-27-29(20)21)12-28(13-18-4-3-7-31-18)22(30)19-11-23-5-6-24-19/h3-11H,12-13H2,1-2H3. The maximum absolute atomic E-state index is 13.3. The first kappa shape index (κ1) is 19.3. The highest BCUT2D eigenvalue weighted by Crippen LogP contribution is 2.26. The van der Waals surface area contributed by atoms with E-state index < -0.39 is 0 Å². The van der Waals surface area contributed by atoms with E-state index in [1.807, 2.05) is 17.5 Å². The van der Waals surface area contributed by atoms with Gasteiger partial charge in [0.05, 0.1) is 24.8 Å². The summed E-state index contributed by atoms with van der Waals surface area (Å²) in [6, 6.07) is 10.3. The van der Waals surface area contributed by atoms with Crippen molar-refractivity contribution in [2.24, 2.45) is 0 Å².